The third-order valence-electron chi connectivity index (χ3n) is 3.98. The molecule has 5 heteroatoms. The van der Waals surface area contributed by atoms with Crippen LogP contribution < -0.4 is 10.6 Å². The molecular weight excluding hydrogens is 242 g/mol. The Bertz CT molecular complexity index is 327. The van der Waals surface area contributed by atoms with E-state index in [-0.39, 0.29) is 17.9 Å². The first kappa shape index (κ1) is 14.3. The molecule has 2 N–H and O–H groups in total. The van der Waals surface area contributed by atoms with Gasteiger partial charge in [-0.05, 0) is 44.7 Å². The van der Waals surface area contributed by atoms with Crippen molar-refractivity contribution in [1.82, 2.24) is 15.5 Å². The monoisotopic (exact) mass is 267 g/mol. The van der Waals surface area contributed by atoms with Crippen molar-refractivity contribution in [3.63, 3.8) is 0 Å². The molecule has 0 spiro atoms. The van der Waals surface area contributed by atoms with Gasteiger partial charge in [0.25, 0.3) is 0 Å². The fourth-order valence-corrected chi connectivity index (χ4v) is 2.97. The summed E-state index contributed by atoms with van der Waals surface area (Å²) in [6.07, 6.45) is 4.49. The van der Waals surface area contributed by atoms with Crippen LogP contribution in [0.3, 0.4) is 0 Å². The van der Waals surface area contributed by atoms with Crippen molar-refractivity contribution < 1.29 is 9.59 Å². The Morgan fingerprint density at radius 3 is 2.84 bits per heavy atom. The van der Waals surface area contributed by atoms with Crippen LogP contribution >= 0.6 is 0 Å². The molecule has 2 amide bonds. The Balaban J connectivity index is 1.90. The van der Waals surface area contributed by atoms with Gasteiger partial charge < -0.3 is 15.5 Å². The first-order valence-electron chi connectivity index (χ1n) is 7.49. The third-order valence-corrected chi connectivity index (χ3v) is 3.98. The number of amides is 2. The van der Waals surface area contributed by atoms with E-state index in [9.17, 15) is 9.59 Å². The smallest absolute Gasteiger partial charge is 0.245 e. The topological polar surface area (TPSA) is 61.4 Å². The predicted molar refractivity (Wildman–Crippen MR) is 73.6 cm³/mol. The van der Waals surface area contributed by atoms with Crippen molar-refractivity contribution in [3.8, 4) is 0 Å². The van der Waals surface area contributed by atoms with E-state index >= 15 is 0 Å². The summed E-state index contributed by atoms with van der Waals surface area (Å²) in [4.78, 5) is 25.6. The quantitative estimate of drug-likeness (QED) is 0.762. The van der Waals surface area contributed by atoms with E-state index < -0.39 is 0 Å². The van der Waals surface area contributed by atoms with E-state index in [0.29, 0.717) is 18.8 Å². The molecule has 2 fully saturated rings. The molecule has 19 heavy (non-hydrogen) atoms. The van der Waals surface area contributed by atoms with E-state index in [1.54, 1.807) is 0 Å². The molecule has 0 aromatic rings. The molecule has 2 saturated heterocycles. The van der Waals surface area contributed by atoms with Crippen LogP contribution in [-0.2, 0) is 9.59 Å². The average Bonchev–Trinajstić information content (AvgIpc) is 2.85. The summed E-state index contributed by atoms with van der Waals surface area (Å²) in [7, 11) is 0. The first-order valence-corrected chi connectivity index (χ1v) is 7.49. The number of hydrogen-bond donors (Lipinski definition) is 2. The maximum Gasteiger partial charge on any atom is 0.245 e. The minimum absolute atomic E-state index is 0.00846. The maximum absolute atomic E-state index is 12.4. The minimum Gasteiger partial charge on any atom is -0.344 e. The SMILES string of the molecule is CCCN(CC1CCCNC1)C(=O)C1CCC(=O)N1. The number of nitrogens with one attached hydrogen (secondary N) is 2. The average molecular weight is 267 g/mol. The summed E-state index contributed by atoms with van der Waals surface area (Å²) in [6, 6.07) is -0.282. The fourth-order valence-electron chi connectivity index (χ4n) is 2.97. The second kappa shape index (κ2) is 6.89. The van der Waals surface area contributed by atoms with Crippen LogP contribution in [0.5, 0.6) is 0 Å². The van der Waals surface area contributed by atoms with E-state index in [4.69, 9.17) is 0 Å². The normalized spacial score (nSPS) is 27.1. The highest BCUT2D eigenvalue weighted by atomic mass is 16.2. The Hall–Kier alpha value is -1.10. The summed E-state index contributed by atoms with van der Waals surface area (Å²) >= 11 is 0. The summed E-state index contributed by atoms with van der Waals surface area (Å²) in [5.41, 5.74) is 0. The van der Waals surface area contributed by atoms with E-state index in [2.05, 4.69) is 17.6 Å². The molecule has 2 aliphatic rings. The lowest BCUT2D eigenvalue weighted by molar-refractivity contribution is -0.135. The molecule has 2 aliphatic heterocycles. The molecule has 0 bridgehead atoms. The second-order valence-corrected chi connectivity index (χ2v) is 5.66. The van der Waals surface area contributed by atoms with Gasteiger partial charge in [-0.2, -0.15) is 0 Å². The molecule has 2 heterocycles. The van der Waals surface area contributed by atoms with Crippen molar-refractivity contribution in [1.29, 1.82) is 0 Å². The summed E-state index contributed by atoms with van der Waals surface area (Å²) in [5.74, 6) is 0.675. The Kier molecular flexibility index (Phi) is 5.19. The largest absolute Gasteiger partial charge is 0.344 e. The lowest BCUT2D eigenvalue weighted by Crippen LogP contribution is -2.48. The van der Waals surface area contributed by atoms with E-state index in [0.717, 1.165) is 32.6 Å². The summed E-state index contributed by atoms with van der Waals surface area (Å²) < 4.78 is 0. The fraction of sp³-hybridized carbons (Fsp3) is 0.857. The van der Waals surface area contributed by atoms with Gasteiger partial charge in [0.15, 0.2) is 0 Å². The van der Waals surface area contributed by atoms with E-state index in [1.807, 2.05) is 4.90 Å². The van der Waals surface area contributed by atoms with Gasteiger partial charge in [0.2, 0.25) is 11.8 Å². The van der Waals surface area contributed by atoms with Crippen molar-refractivity contribution in [2.45, 2.75) is 45.1 Å². The number of rotatable bonds is 5. The van der Waals surface area contributed by atoms with Crippen LogP contribution in [0.2, 0.25) is 0 Å². The molecule has 2 atom stereocenters. The van der Waals surface area contributed by atoms with Crippen molar-refractivity contribution in [3.05, 3.63) is 0 Å². The van der Waals surface area contributed by atoms with Crippen LogP contribution in [0.25, 0.3) is 0 Å². The molecule has 2 rings (SSSR count). The van der Waals surface area contributed by atoms with Crippen LogP contribution in [0.4, 0.5) is 0 Å². The zero-order valence-electron chi connectivity index (χ0n) is 11.8. The van der Waals surface area contributed by atoms with Gasteiger partial charge in [0.05, 0.1) is 0 Å². The molecule has 108 valence electrons. The number of hydrogen-bond acceptors (Lipinski definition) is 3. The first-order chi connectivity index (χ1) is 9.20. The second-order valence-electron chi connectivity index (χ2n) is 5.66. The van der Waals surface area contributed by atoms with Gasteiger partial charge in [0.1, 0.15) is 6.04 Å². The van der Waals surface area contributed by atoms with Crippen molar-refractivity contribution >= 4 is 11.8 Å². The van der Waals surface area contributed by atoms with Crippen LogP contribution in [-0.4, -0.2) is 48.9 Å². The maximum atomic E-state index is 12.4. The molecule has 0 aromatic heterocycles. The number of carbonyl (C=O) groups is 2. The standard InChI is InChI=1S/C14H25N3O2/c1-2-8-17(10-11-4-3-7-15-9-11)14(19)12-5-6-13(18)16-12/h11-12,15H,2-10H2,1H3,(H,16,18). The third kappa shape index (κ3) is 3.93. The zero-order chi connectivity index (χ0) is 13.7. The van der Waals surface area contributed by atoms with Gasteiger partial charge >= 0.3 is 0 Å². The minimum atomic E-state index is -0.282. The van der Waals surface area contributed by atoms with Crippen LogP contribution in [0, 0.1) is 5.92 Å². The van der Waals surface area contributed by atoms with Crippen LogP contribution in [0.1, 0.15) is 39.0 Å². The van der Waals surface area contributed by atoms with Gasteiger partial charge in [-0.3, -0.25) is 9.59 Å². The van der Waals surface area contributed by atoms with Gasteiger partial charge in [-0.1, -0.05) is 6.92 Å². The Labute approximate surface area is 115 Å². The van der Waals surface area contributed by atoms with Gasteiger partial charge in [-0.25, -0.2) is 0 Å². The molecule has 5 nitrogen and oxygen atoms in total. The Morgan fingerprint density at radius 1 is 1.42 bits per heavy atom. The lowest BCUT2D eigenvalue weighted by atomic mass is 9.98. The number of carbonyl (C=O) groups excluding carboxylic acids is 2. The highest BCUT2D eigenvalue weighted by Gasteiger charge is 2.31. The molecule has 0 aliphatic carbocycles. The zero-order valence-corrected chi connectivity index (χ0v) is 11.8. The molecule has 0 radical (unpaired) electrons. The van der Waals surface area contributed by atoms with Crippen LogP contribution in [0.15, 0.2) is 0 Å². The van der Waals surface area contributed by atoms with Crippen molar-refractivity contribution in [2.75, 3.05) is 26.2 Å². The predicted octanol–water partition coefficient (Wildman–Crippen LogP) is 0.503. The highest BCUT2D eigenvalue weighted by molar-refractivity contribution is 5.90. The van der Waals surface area contributed by atoms with E-state index in [1.165, 1.54) is 12.8 Å². The van der Waals surface area contributed by atoms with Gasteiger partial charge in [0, 0.05) is 19.5 Å². The van der Waals surface area contributed by atoms with Gasteiger partial charge in [-0.15, -0.1) is 0 Å². The summed E-state index contributed by atoms with van der Waals surface area (Å²) in [6.45, 7) is 5.81. The summed E-state index contributed by atoms with van der Waals surface area (Å²) in [5, 5.41) is 6.17. The Morgan fingerprint density at radius 2 is 2.26 bits per heavy atom. The molecule has 0 aromatic carbocycles. The number of piperidine rings is 1. The molecular formula is C14H25N3O2. The number of nitrogens with zero attached hydrogens (tertiary/aromatic N) is 1. The van der Waals surface area contributed by atoms with Crippen molar-refractivity contribution in [2.24, 2.45) is 5.92 Å². The highest BCUT2D eigenvalue weighted by Crippen LogP contribution is 2.15. The molecule has 2 unspecified atom stereocenters. The molecule has 0 saturated carbocycles. The lowest BCUT2D eigenvalue weighted by Gasteiger charge is -2.31.